The van der Waals surface area contributed by atoms with Gasteiger partial charge < -0.3 is 15.2 Å². The number of nitrogens with one attached hydrogen (secondary N) is 2. The predicted molar refractivity (Wildman–Crippen MR) is 82.8 cm³/mol. The maximum absolute atomic E-state index is 11.9. The number of amides is 3. The van der Waals surface area contributed by atoms with E-state index < -0.39 is 0 Å². The van der Waals surface area contributed by atoms with E-state index in [1.165, 1.54) is 20.4 Å². The van der Waals surface area contributed by atoms with Crippen LogP contribution in [0.25, 0.3) is 0 Å². The van der Waals surface area contributed by atoms with E-state index in [0.717, 1.165) is 10.6 Å². The molecule has 0 unspecified atom stereocenters. The second-order valence-corrected chi connectivity index (χ2v) is 4.73. The first-order chi connectivity index (χ1) is 11.1. The van der Waals surface area contributed by atoms with Gasteiger partial charge in [0.25, 0.3) is 5.91 Å². The lowest BCUT2D eigenvalue weighted by Gasteiger charge is -2.13. The van der Waals surface area contributed by atoms with Crippen molar-refractivity contribution in [2.75, 3.05) is 26.0 Å². The van der Waals surface area contributed by atoms with Crippen LogP contribution in [0.5, 0.6) is 0 Å². The highest BCUT2D eigenvalue weighted by atomic mass is 16.7. The van der Waals surface area contributed by atoms with Gasteiger partial charge in [-0.25, -0.2) is 9.86 Å². The van der Waals surface area contributed by atoms with Crippen LogP contribution in [0.1, 0.15) is 15.9 Å². The fourth-order valence-corrected chi connectivity index (χ4v) is 1.81. The van der Waals surface area contributed by atoms with Crippen LogP contribution in [0.2, 0.25) is 0 Å². The van der Waals surface area contributed by atoms with Gasteiger partial charge in [0, 0.05) is 30.4 Å². The summed E-state index contributed by atoms with van der Waals surface area (Å²) in [6.07, 6.45) is 3.77. The Bertz CT molecular complexity index is 640. The average molecular weight is 318 g/mol. The van der Waals surface area contributed by atoms with Crippen LogP contribution in [-0.2, 0) is 11.3 Å². The van der Waals surface area contributed by atoms with Crippen molar-refractivity contribution in [1.82, 2.24) is 15.5 Å². The van der Waals surface area contributed by atoms with Crippen LogP contribution in [0.4, 0.5) is 10.5 Å². The first kappa shape index (κ1) is 16.5. The summed E-state index contributed by atoms with van der Waals surface area (Å²) < 4.78 is 4.70. The molecular formula is C15H18N4O4. The van der Waals surface area contributed by atoms with Crippen LogP contribution < -0.4 is 10.6 Å². The number of hydroxylamine groups is 2. The number of anilines is 1. The van der Waals surface area contributed by atoms with Crippen LogP contribution in [0.15, 0.2) is 41.2 Å². The topological polar surface area (TPSA) is 96.7 Å². The lowest BCUT2D eigenvalue weighted by molar-refractivity contribution is -0.0756. The largest absolute Gasteiger partial charge is 0.364 e. The molecule has 0 aliphatic heterocycles. The third-order valence-electron chi connectivity index (χ3n) is 3.13. The smallest absolute Gasteiger partial charge is 0.319 e. The molecule has 2 aromatic rings. The summed E-state index contributed by atoms with van der Waals surface area (Å²) in [6, 6.07) is 6.21. The van der Waals surface area contributed by atoms with Crippen molar-refractivity contribution in [1.29, 1.82) is 0 Å². The molecular weight excluding hydrogens is 300 g/mol. The Morgan fingerprint density at radius 1 is 1.30 bits per heavy atom. The molecule has 23 heavy (non-hydrogen) atoms. The highest BCUT2D eigenvalue weighted by molar-refractivity contribution is 5.94. The van der Waals surface area contributed by atoms with E-state index in [-0.39, 0.29) is 11.9 Å². The van der Waals surface area contributed by atoms with Crippen molar-refractivity contribution in [3.05, 3.63) is 47.9 Å². The molecule has 0 spiro atoms. The highest BCUT2D eigenvalue weighted by Gasteiger charge is 2.11. The van der Waals surface area contributed by atoms with Gasteiger partial charge in [-0.05, 0) is 30.7 Å². The van der Waals surface area contributed by atoms with Gasteiger partial charge in [-0.15, -0.1) is 0 Å². The van der Waals surface area contributed by atoms with Gasteiger partial charge in [0.1, 0.15) is 6.26 Å². The molecule has 2 N–H and O–H groups in total. The molecule has 8 nitrogen and oxygen atoms in total. The summed E-state index contributed by atoms with van der Waals surface area (Å²) in [5, 5.41) is 10.1. The number of carbonyl (C=O) groups excluding carboxylic acids is 2. The molecule has 1 aromatic carbocycles. The standard InChI is InChI=1S/C15H18N4O4/c1-19(22-2)14(20)12-3-5-13(6-4-12)18-15(21)16-8-7-11-9-17-23-10-11/h3-6,9-10H,7-8H2,1-2H3,(H2,16,18,21). The SMILES string of the molecule is CON(C)C(=O)c1ccc(NC(=O)NCCc2cnoc2)cc1. The average Bonchev–Trinajstić information content (AvgIpc) is 3.07. The van der Waals surface area contributed by atoms with E-state index in [1.807, 2.05) is 0 Å². The molecule has 0 aliphatic rings. The van der Waals surface area contributed by atoms with Gasteiger partial charge in [-0.1, -0.05) is 5.16 Å². The Morgan fingerprint density at radius 3 is 2.65 bits per heavy atom. The minimum atomic E-state index is -0.324. The number of hydrogen-bond acceptors (Lipinski definition) is 5. The minimum absolute atomic E-state index is 0.266. The lowest BCUT2D eigenvalue weighted by atomic mass is 10.2. The van der Waals surface area contributed by atoms with Crippen molar-refractivity contribution in [3.63, 3.8) is 0 Å². The molecule has 0 radical (unpaired) electrons. The maximum Gasteiger partial charge on any atom is 0.319 e. The number of hydrogen-bond donors (Lipinski definition) is 2. The third-order valence-corrected chi connectivity index (χ3v) is 3.13. The normalized spacial score (nSPS) is 10.2. The Kier molecular flexibility index (Phi) is 5.70. The van der Waals surface area contributed by atoms with Gasteiger partial charge in [0.05, 0.1) is 13.3 Å². The van der Waals surface area contributed by atoms with Crippen LogP contribution in [-0.4, -0.2) is 42.9 Å². The molecule has 0 fully saturated rings. The van der Waals surface area contributed by atoms with E-state index in [9.17, 15) is 9.59 Å². The van der Waals surface area contributed by atoms with Crippen LogP contribution in [0.3, 0.4) is 0 Å². The Hall–Kier alpha value is -2.87. The predicted octanol–water partition coefficient (Wildman–Crippen LogP) is 1.67. The van der Waals surface area contributed by atoms with Gasteiger partial charge in [-0.2, -0.15) is 0 Å². The van der Waals surface area contributed by atoms with E-state index >= 15 is 0 Å². The molecule has 0 atom stereocenters. The first-order valence-electron chi connectivity index (χ1n) is 6.95. The Balaban J connectivity index is 1.80. The van der Waals surface area contributed by atoms with E-state index in [2.05, 4.69) is 15.8 Å². The summed E-state index contributed by atoms with van der Waals surface area (Å²) in [7, 11) is 2.94. The molecule has 122 valence electrons. The monoisotopic (exact) mass is 318 g/mol. The van der Waals surface area contributed by atoms with E-state index in [1.54, 1.807) is 30.5 Å². The van der Waals surface area contributed by atoms with Crippen LogP contribution >= 0.6 is 0 Å². The van der Waals surface area contributed by atoms with Crippen LogP contribution in [0, 0.1) is 0 Å². The van der Waals surface area contributed by atoms with E-state index in [4.69, 9.17) is 9.36 Å². The maximum atomic E-state index is 11.9. The zero-order chi connectivity index (χ0) is 16.7. The third kappa shape index (κ3) is 4.82. The van der Waals surface area contributed by atoms with Crippen molar-refractivity contribution in [3.8, 4) is 0 Å². The molecule has 2 rings (SSSR count). The fraction of sp³-hybridized carbons (Fsp3) is 0.267. The van der Waals surface area contributed by atoms with Gasteiger partial charge in [0.2, 0.25) is 0 Å². The molecule has 1 aromatic heterocycles. The lowest BCUT2D eigenvalue weighted by Crippen LogP contribution is -2.30. The highest BCUT2D eigenvalue weighted by Crippen LogP contribution is 2.11. The van der Waals surface area contributed by atoms with Gasteiger partial charge in [0.15, 0.2) is 0 Å². The zero-order valence-corrected chi connectivity index (χ0v) is 12.9. The zero-order valence-electron chi connectivity index (χ0n) is 12.9. The number of rotatable bonds is 6. The quantitative estimate of drug-likeness (QED) is 0.790. The molecule has 3 amide bonds. The van der Waals surface area contributed by atoms with Gasteiger partial charge >= 0.3 is 6.03 Å². The number of aromatic nitrogens is 1. The number of carbonyl (C=O) groups is 2. The summed E-state index contributed by atoms with van der Waals surface area (Å²) in [6.45, 7) is 0.461. The Labute approximate surface area is 133 Å². The second-order valence-electron chi connectivity index (χ2n) is 4.73. The van der Waals surface area contributed by atoms with Crippen molar-refractivity contribution in [2.45, 2.75) is 6.42 Å². The van der Waals surface area contributed by atoms with Gasteiger partial charge in [-0.3, -0.25) is 9.63 Å². The molecule has 0 saturated carbocycles. The fourth-order valence-electron chi connectivity index (χ4n) is 1.81. The molecule has 1 heterocycles. The van der Waals surface area contributed by atoms with Crippen molar-refractivity contribution >= 4 is 17.6 Å². The van der Waals surface area contributed by atoms with E-state index in [0.29, 0.717) is 24.2 Å². The summed E-state index contributed by atoms with van der Waals surface area (Å²) in [5.41, 5.74) is 1.97. The molecule has 0 saturated heterocycles. The van der Waals surface area contributed by atoms with Crippen molar-refractivity contribution in [2.24, 2.45) is 0 Å². The number of urea groups is 1. The molecule has 8 heteroatoms. The first-order valence-corrected chi connectivity index (χ1v) is 6.95. The summed E-state index contributed by atoms with van der Waals surface area (Å²) in [4.78, 5) is 28.4. The molecule has 0 aliphatic carbocycles. The Morgan fingerprint density at radius 2 is 2.04 bits per heavy atom. The minimum Gasteiger partial charge on any atom is -0.364 e. The van der Waals surface area contributed by atoms with Crippen molar-refractivity contribution < 1.29 is 18.9 Å². The number of nitrogens with zero attached hydrogens (tertiary/aromatic N) is 2. The number of benzene rings is 1. The summed E-state index contributed by atoms with van der Waals surface area (Å²) in [5.74, 6) is -0.266. The second kappa shape index (κ2) is 7.95. The molecule has 0 bridgehead atoms. The summed E-state index contributed by atoms with van der Waals surface area (Å²) >= 11 is 0.